The van der Waals surface area contributed by atoms with Crippen molar-refractivity contribution in [3.8, 4) is 16.9 Å². The van der Waals surface area contributed by atoms with Crippen LogP contribution >= 0.6 is 0 Å². The Morgan fingerprint density at radius 1 is 1.04 bits per heavy atom. The summed E-state index contributed by atoms with van der Waals surface area (Å²) in [6, 6.07) is 14.7. The first-order chi connectivity index (χ1) is 10.2. The zero-order valence-electron chi connectivity index (χ0n) is 11.3. The summed E-state index contributed by atoms with van der Waals surface area (Å²) in [7, 11) is 0. The minimum absolute atomic E-state index is 0. The van der Waals surface area contributed by atoms with Crippen molar-refractivity contribution in [2.24, 2.45) is 0 Å². The Kier molecular flexibility index (Phi) is 8.50. The largest absolute Gasteiger partial charge is 0.457 e. The molecule has 0 amide bonds. The predicted molar refractivity (Wildman–Crippen MR) is 93.4 cm³/mol. The summed E-state index contributed by atoms with van der Waals surface area (Å²) in [6.07, 6.45) is 1.08. The second-order valence-electron chi connectivity index (χ2n) is 4.11. The van der Waals surface area contributed by atoms with Crippen LogP contribution in [0.2, 0.25) is 0 Å². The number of rotatable bonds is 5. The van der Waals surface area contributed by atoms with E-state index in [4.69, 9.17) is 16.0 Å². The van der Waals surface area contributed by atoms with E-state index in [1.807, 2.05) is 24.3 Å². The fraction of sp³-hybridized carbons (Fsp3) is 0.158. The minimum Gasteiger partial charge on any atom is -0.457 e. The normalized spacial score (nSPS) is 8.65. The van der Waals surface area contributed by atoms with E-state index in [0.29, 0.717) is 11.4 Å². The Hall–Kier alpha value is -3.06. The average Bonchev–Trinajstić information content (AvgIpc) is 2.55. The minimum atomic E-state index is -0.522. The highest BCUT2D eigenvalue weighted by Gasteiger charge is 2.00. The molecule has 4 nitrogen and oxygen atoms in total. The summed E-state index contributed by atoms with van der Waals surface area (Å²) in [5.74, 6) is 0.0832. The molecular weight excluding hydrogens is 290 g/mol. The first-order valence-electron chi connectivity index (χ1n) is 6.23. The Balaban J connectivity index is 0.00000242. The number of carbonyl (C=O) groups is 1. The van der Waals surface area contributed by atoms with Gasteiger partial charge in [0, 0.05) is 6.08 Å². The Morgan fingerprint density at radius 3 is 2.04 bits per heavy atom. The van der Waals surface area contributed by atoms with Gasteiger partial charge in [-0.1, -0.05) is 57.8 Å². The van der Waals surface area contributed by atoms with E-state index < -0.39 is 5.97 Å². The molecule has 0 aliphatic carbocycles. The van der Waals surface area contributed by atoms with E-state index in [1.165, 1.54) is 0 Å². The Morgan fingerprint density at radius 2 is 1.57 bits per heavy atom. The number of carbonyl (C=O) groups excluding carboxylic acids is 1. The van der Waals surface area contributed by atoms with Crippen molar-refractivity contribution >= 4 is 11.7 Å². The Labute approximate surface area is 137 Å². The van der Waals surface area contributed by atoms with E-state index in [-0.39, 0.29) is 21.6 Å². The molecule has 2 aromatic rings. The van der Waals surface area contributed by atoms with E-state index in [2.05, 4.69) is 11.4 Å². The van der Waals surface area contributed by atoms with Gasteiger partial charge in [-0.15, -0.1) is 0 Å². The molecule has 0 spiro atoms. The monoisotopic (exact) mass is 311 g/mol. The van der Waals surface area contributed by atoms with Crippen LogP contribution < -0.4 is 4.74 Å². The molecule has 2 rings (SSSR count). The van der Waals surface area contributed by atoms with Gasteiger partial charge in [0.05, 0.1) is 6.57 Å². The lowest BCUT2D eigenvalue weighted by Gasteiger charge is -2.07. The third-order valence-corrected chi connectivity index (χ3v) is 2.78. The van der Waals surface area contributed by atoms with Crippen LogP contribution in [-0.4, -0.2) is 12.8 Å². The van der Waals surface area contributed by atoms with Crippen LogP contribution in [0.4, 0.5) is 5.69 Å². The lowest BCUT2D eigenvalue weighted by atomic mass is 10.1. The summed E-state index contributed by atoms with van der Waals surface area (Å²) >= 11 is 0. The topological polar surface area (TPSA) is 39.9 Å². The smallest absolute Gasteiger partial charge is 0.333 e. The number of ether oxygens (including phenoxy) is 2. The molecule has 0 unspecified atom stereocenters. The van der Waals surface area contributed by atoms with Gasteiger partial charge in [-0.3, -0.25) is 0 Å². The highest BCUT2D eigenvalue weighted by atomic mass is 16.7. The van der Waals surface area contributed by atoms with Crippen LogP contribution in [0.15, 0.2) is 61.2 Å². The second-order valence-corrected chi connectivity index (χ2v) is 4.11. The number of nitrogens with zero attached hydrogens (tertiary/aromatic N) is 1. The number of hydrogen-bond donors (Lipinski definition) is 0. The summed E-state index contributed by atoms with van der Waals surface area (Å²) in [5, 5.41) is 0. The third-order valence-electron chi connectivity index (χ3n) is 2.78. The molecule has 0 saturated heterocycles. The van der Waals surface area contributed by atoms with E-state index >= 15 is 0 Å². The summed E-state index contributed by atoms with van der Waals surface area (Å²) < 4.78 is 10.0. The summed E-state index contributed by atoms with van der Waals surface area (Å²) in [5.41, 5.74) is 2.65. The fourth-order valence-corrected chi connectivity index (χ4v) is 1.69. The molecule has 0 saturated carbocycles. The van der Waals surface area contributed by atoms with Crippen LogP contribution in [-0.2, 0) is 9.53 Å². The van der Waals surface area contributed by atoms with E-state index in [9.17, 15) is 4.79 Å². The standard InChI is InChI=1S/C17H13NO3.2CH4/c1-3-17(19)21-12-20-16-10-6-14(7-11-16)13-4-8-15(18-2)9-5-13;;/h3-11H,1,12H2;2*1H4. The van der Waals surface area contributed by atoms with Gasteiger partial charge in [0.25, 0.3) is 0 Å². The quantitative estimate of drug-likeness (QED) is 0.328. The molecule has 2 aromatic carbocycles. The molecule has 0 fully saturated rings. The molecule has 23 heavy (non-hydrogen) atoms. The highest BCUT2D eigenvalue weighted by molar-refractivity contribution is 5.81. The van der Waals surface area contributed by atoms with Gasteiger partial charge in [-0.25, -0.2) is 9.64 Å². The second kappa shape index (κ2) is 9.80. The van der Waals surface area contributed by atoms with Crippen LogP contribution in [0, 0.1) is 6.57 Å². The predicted octanol–water partition coefficient (Wildman–Crippen LogP) is 5.24. The average molecular weight is 311 g/mol. The van der Waals surface area contributed by atoms with Crippen molar-refractivity contribution in [2.45, 2.75) is 14.9 Å². The van der Waals surface area contributed by atoms with Gasteiger partial charge in [0.15, 0.2) is 5.69 Å². The molecule has 0 aliphatic heterocycles. The zero-order chi connectivity index (χ0) is 15.1. The number of benzene rings is 2. The SMILES string of the molecule is C.C.[C-]#[N+]c1ccc(-c2ccc(OCOC(=O)C=C)cc2)cc1. The maximum atomic E-state index is 10.9. The first-order valence-corrected chi connectivity index (χ1v) is 6.23. The van der Waals surface area contributed by atoms with Crippen molar-refractivity contribution < 1.29 is 14.3 Å². The molecule has 0 aromatic heterocycles. The third kappa shape index (κ3) is 5.68. The van der Waals surface area contributed by atoms with Crippen molar-refractivity contribution in [3.63, 3.8) is 0 Å². The van der Waals surface area contributed by atoms with Gasteiger partial charge in [-0.2, -0.15) is 0 Å². The lowest BCUT2D eigenvalue weighted by molar-refractivity contribution is -0.144. The van der Waals surface area contributed by atoms with Crippen molar-refractivity contribution in [3.05, 3.63) is 72.6 Å². The van der Waals surface area contributed by atoms with Gasteiger partial charge < -0.3 is 9.47 Å². The van der Waals surface area contributed by atoms with Gasteiger partial charge >= 0.3 is 5.97 Å². The maximum absolute atomic E-state index is 10.9. The highest BCUT2D eigenvalue weighted by Crippen LogP contribution is 2.24. The number of hydrogen-bond acceptors (Lipinski definition) is 3. The molecule has 0 atom stereocenters. The molecule has 0 bridgehead atoms. The summed E-state index contributed by atoms with van der Waals surface area (Å²) in [6.45, 7) is 10.1. The van der Waals surface area contributed by atoms with Crippen molar-refractivity contribution in [1.29, 1.82) is 0 Å². The zero-order valence-corrected chi connectivity index (χ0v) is 11.3. The lowest BCUT2D eigenvalue weighted by Crippen LogP contribution is -2.07. The van der Waals surface area contributed by atoms with Gasteiger partial charge in [0.2, 0.25) is 6.79 Å². The summed E-state index contributed by atoms with van der Waals surface area (Å²) in [4.78, 5) is 14.2. The van der Waals surface area contributed by atoms with E-state index in [1.54, 1.807) is 24.3 Å². The molecule has 4 heteroatoms. The van der Waals surface area contributed by atoms with Crippen LogP contribution in [0.1, 0.15) is 14.9 Å². The fourth-order valence-electron chi connectivity index (χ4n) is 1.69. The Bertz CT molecular complexity index is 667. The molecule has 0 heterocycles. The van der Waals surface area contributed by atoms with Crippen molar-refractivity contribution in [1.82, 2.24) is 0 Å². The molecule has 0 radical (unpaired) electrons. The first kappa shape index (κ1) is 19.9. The van der Waals surface area contributed by atoms with Gasteiger partial charge in [-0.05, 0) is 23.3 Å². The van der Waals surface area contributed by atoms with Crippen LogP contribution in [0.5, 0.6) is 5.75 Å². The molecule has 120 valence electrons. The maximum Gasteiger partial charge on any atom is 0.333 e. The molecule has 0 aliphatic rings. The van der Waals surface area contributed by atoms with E-state index in [0.717, 1.165) is 17.2 Å². The number of esters is 1. The van der Waals surface area contributed by atoms with Crippen molar-refractivity contribution in [2.75, 3.05) is 6.79 Å². The van der Waals surface area contributed by atoms with Crippen LogP contribution in [0.25, 0.3) is 16.0 Å². The van der Waals surface area contributed by atoms with Gasteiger partial charge in [0.1, 0.15) is 5.75 Å². The molecular formula is C19H21NO3. The van der Waals surface area contributed by atoms with Crippen LogP contribution in [0.3, 0.4) is 0 Å². The molecule has 0 N–H and O–H groups in total.